The van der Waals surface area contributed by atoms with Crippen molar-refractivity contribution in [1.82, 2.24) is 0 Å². The number of ether oxygens (including phenoxy) is 2. The second-order valence-corrected chi connectivity index (χ2v) is 3.24. The molecule has 0 aromatic heterocycles. The third kappa shape index (κ3) is 2.21. The standard InChI is InChI=1S/C9H16O3/c1-11-8-5-3-4-7(6-8)9(10)12-2/h7-8H,3-6H2,1-2H3/t7-,8-/m1/s1. The molecule has 0 spiro atoms. The van der Waals surface area contributed by atoms with Crippen LogP contribution >= 0.6 is 0 Å². The smallest absolute Gasteiger partial charge is 0.308 e. The summed E-state index contributed by atoms with van der Waals surface area (Å²) in [5.74, 6) is -0.0227. The molecule has 3 heteroatoms. The molecule has 0 heterocycles. The maximum Gasteiger partial charge on any atom is 0.308 e. The Hall–Kier alpha value is -0.570. The molecule has 0 aromatic carbocycles. The summed E-state index contributed by atoms with van der Waals surface area (Å²) in [6, 6.07) is 0. The summed E-state index contributed by atoms with van der Waals surface area (Å²) >= 11 is 0. The van der Waals surface area contributed by atoms with Gasteiger partial charge >= 0.3 is 5.97 Å². The monoisotopic (exact) mass is 172 g/mol. The van der Waals surface area contributed by atoms with E-state index in [9.17, 15) is 4.79 Å². The van der Waals surface area contributed by atoms with Gasteiger partial charge in [0.25, 0.3) is 0 Å². The third-order valence-electron chi connectivity index (χ3n) is 2.49. The fourth-order valence-electron chi connectivity index (χ4n) is 1.74. The maximum atomic E-state index is 11.2. The van der Waals surface area contributed by atoms with E-state index < -0.39 is 0 Å². The van der Waals surface area contributed by atoms with E-state index in [1.165, 1.54) is 7.11 Å². The van der Waals surface area contributed by atoms with E-state index in [0.29, 0.717) is 0 Å². The molecule has 1 saturated carbocycles. The Kier molecular flexibility index (Phi) is 3.53. The van der Waals surface area contributed by atoms with Gasteiger partial charge in [0.1, 0.15) is 0 Å². The number of rotatable bonds is 2. The molecule has 1 aliphatic carbocycles. The molecule has 0 unspecified atom stereocenters. The molecule has 0 saturated heterocycles. The molecule has 1 rings (SSSR count). The maximum absolute atomic E-state index is 11.2. The average molecular weight is 172 g/mol. The van der Waals surface area contributed by atoms with Crippen LogP contribution < -0.4 is 0 Å². The van der Waals surface area contributed by atoms with Crippen LogP contribution in [0.1, 0.15) is 25.7 Å². The summed E-state index contributed by atoms with van der Waals surface area (Å²) in [6.07, 6.45) is 4.17. The van der Waals surface area contributed by atoms with Gasteiger partial charge in [-0.3, -0.25) is 4.79 Å². The van der Waals surface area contributed by atoms with Gasteiger partial charge in [0.15, 0.2) is 0 Å². The van der Waals surface area contributed by atoms with Gasteiger partial charge in [0.05, 0.1) is 19.1 Å². The van der Waals surface area contributed by atoms with E-state index in [0.717, 1.165) is 25.7 Å². The van der Waals surface area contributed by atoms with E-state index in [-0.39, 0.29) is 18.0 Å². The van der Waals surface area contributed by atoms with Gasteiger partial charge in [0, 0.05) is 7.11 Å². The zero-order valence-electron chi connectivity index (χ0n) is 7.71. The second kappa shape index (κ2) is 4.45. The summed E-state index contributed by atoms with van der Waals surface area (Å²) in [7, 11) is 3.14. The molecule has 0 bridgehead atoms. The molecule has 0 N–H and O–H groups in total. The Balaban J connectivity index is 2.40. The predicted molar refractivity (Wildman–Crippen MR) is 44.8 cm³/mol. The first-order chi connectivity index (χ1) is 5.77. The van der Waals surface area contributed by atoms with Crippen LogP contribution in [-0.2, 0) is 14.3 Å². The lowest BCUT2D eigenvalue weighted by molar-refractivity contribution is -0.148. The second-order valence-electron chi connectivity index (χ2n) is 3.24. The van der Waals surface area contributed by atoms with Gasteiger partial charge in [-0.25, -0.2) is 0 Å². The van der Waals surface area contributed by atoms with Crippen LogP contribution in [0.2, 0.25) is 0 Å². The quantitative estimate of drug-likeness (QED) is 0.590. The van der Waals surface area contributed by atoms with E-state index in [1.54, 1.807) is 7.11 Å². The molecule has 1 fully saturated rings. The van der Waals surface area contributed by atoms with Crippen LogP contribution in [-0.4, -0.2) is 26.3 Å². The number of carbonyl (C=O) groups excluding carboxylic acids is 1. The Bertz CT molecular complexity index is 156. The molecule has 12 heavy (non-hydrogen) atoms. The van der Waals surface area contributed by atoms with Crippen LogP contribution in [0.25, 0.3) is 0 Å². The van der Waals surface area contributed by atoms with Gasteiger partial charge in [-0.2, -0.15) is 0 Å². The number of hydrogen-bond donors (Lipinski definition) is 0. The Labute approximate surface area is 73.0 Å². The molecule has 1 aliphatic rings. The zero-order chi connectivity index (χ0) is 8.97. The van der Waals surface area contributed by atoms with Crippen molar-refractivity contribution in [2.75, 3.05) is 14.2 Å². The molecule has 70 valence electrons. The van der Waals surface area contributed by atoms with Crippen molar-refractivity contribution < 1.29 is 14.3 Å². The lowest BCUT2D eigenvalue weighted by Gasteiger charge is -2.26. The van der Waals surface area contributed by atoms with Crippen LogP contribution in [0.3, 0.4) is 0 Å². The highest BCUT2D eigenvalue weighted by Crippen LogP contribution is 2.26. The van der Waals surface area contributed by atoms with Crippen LogP contribution in [0.4, 0.5) is 0 Å². The van der Waals surface area contributed by atoms with Gasteiger partial charge in [-0.05, 0) is 19.3 Å². The van der Waals surface area contributed by atoms with Crippen molar-refractivity contribution in [2.45, 2.75) is 31.8 Å². The first kappa shape index (κ1) is 9.52. The fraction of sp³-hybridized carbons (Fsp3) is 0.889. The SMILES string of the molecule is COC(=O)[C@@H]1CCC[C@@H](OC)C1. The number of esters is 1. The van der Waals surface area contributed by atoms with Gasteiger partial charge < -0.3 is 9.47 Å². The first-order valence-electron chi connectivity index (χ1n) is 4.38. The van der Waals surface area contributed by atoms with E-state index >= 15 is 0 Å². The molecule has 2 atom stereocenters. The van der Waals surface area contributed by atoms with Crippen LogP contribution in [0.5, 0.6) is 0 Å². The van der Waals surface area contributed by atoms with Gasteiger partial charge in [-0.15, -0.1) is 0 Å². The molecular formula is C9H16O3. The topological polar surface area (TPSA) is 35.5 Å². The van der Waals surface area contributed by atoms with Crippen molar-refractivity contribution in [3.05, 3.63) is 0 Å². The van der Waals surface area contributed by atoms with Gasteiger partial charge in [0.2, 0.25) is 0 Å². The highest BCUT2D eigenvalue weighted by Gasteiger charge is 2.27. The van der Waals surface area contributed by atoms with E-state index in [4.69, 9.17) is 4.74 Å². The first-order valence-corrected chi connectivity index (χ1v) is 4.38. The fourth-order valence-corrected chi connectivity index (χ4v) is 1.74. The highest BCUT2D eigenvalue weighted by molar-refractivity contribution is 5.72. The van der Waals surface area contributed by atoms with Crippen molar-refractivity contribution in [3.63, 3.8) is 0 Å². The molecule has 0 aliphatic heterocycles. The highest BCUT2D eigenvalue weighted by atomic mass is 16.5. The summed E-state index contributed by atoms with van der Waals surface area (Å²) in [5, 5.41) is 0. The zero-order valence-corrected chi connectivity index (χ0v) is 7.71. The lowest BCUT2D eigenvalue weighted by atomic mass is 9.87. The number of hydrogen-bond acceptors (Lipinski definition) is 3. The molecule has 0 amide bonds. The minimum absolute atomic E-state index is 0.0636. The number of methoxy groups -OCH3 is 2. The molecule has 3 nitrogen and oxygen atoms in total. The Morgan fingerprint density at radius 2 is 2.08 bits per heavy atom. The van der Waals surface area contributed by atoms with Gasteiger partial charge in [-0.1, -0.05) is 6.42 Å². The minimum atomic E-state index is -0.0863. The summed E-state index contributed by atoms with van der Waals surface area (Å²) in [6.45, 7) is 0. The summed E-state index contributed by atoms with van der Waals surface area (Å²) in [4.78, 5) is 11.2. The largest absolute Gasteiger partial charge is 0.469 e. The predicted octanol–water partition coefficient (Wildman–Crippen LogP) is 1.36. The van der Waals surface area contributed by atoms with Crippen molar-refractivity contribution >= 4 is 5.97 Å². The molecule has 0 radical (unpaired) electrons. The van der Waals surface area contributed by atoms with Crippen LogP contribution in [0, 0.1) is 5.92 Å². The molecule has 0 aromatic rings. The van der Waals surface area contributed by atoms with E-state index in [2.05, 4.69) is 4.74 Å². The van der Waals surface area contributed by atoms with E-state index in [1.807, 2.05) is 0 Å². The van der Waals surface area contributed by atoms with Crippen molar-refractivity contribution in [1.29, 1.82) is 0 Å². The van der Waals surface area contributed by atoms with Crippen molar-refractivity contribution in [2.24, 2.45) is 5.92 Å². The Morgan fingerprint density at radius 3 is 2.67 bits per heavy atom. The lowest BCUT2D eigenvalue weighted by Crippen LogP contribution is -2.27. The molecular weight excluding hydrogens is 156 g/mol. The Morgan fingerprint density at radius 1 is 1.33 bits per heavy atom. The van der Waals surface area contributed by atoms with Crippen LogP contribution in [0.15, 0.2) is 0 Å². The normalized spacial score (nSPS) is 29.8. The summed E-state index contributed by atoms with van der Waals surface area (Å²) < 4.78 is 9.90. The average Bonchev–Trinajstić information content (AvgIpc) is 2.17. The third-order valence-corrected chi connectivity index (χ3v) is 2.49. The van der Waals surface area contributed by atoms with Crippen molar-refractivity contribution in [3.8, 4) is 0 Å². The summed E-state index contributed by atoms with van der Waals surface area (Å²) in [5.41, 5.74) is 0. The number of carbonyl (C=O) groups is 1. The minimum Gasteiger partial charge on any atom is -0.469 e.